The van der Waals surface area contributed by atoms with Gasteiger partial charge in [-0.1, -0.05) is 31.9 Å². The monoisotopic (exact) mass is 647 g/mol. The van der Waals surface area contributed by atoms with Gasteiger partial charge in [0, 0.05) is 80.0 Å². The molecule has 4 aliphatic heterocycles. The Hall–Kier alpha value is -4.17. The van der Waals surface area contributed by atoms with E-state index in [0.717, 1.165) is 99.4 Å². The number of hydrogen-bond acceptors (Lipinski definition) is 9. The van der Waals surface area contributed by atoms with Gasteiger partial charge in [0.1, 0.15) is 30.0 Å². The minimum absolute atomic E-state index is 0.365. The van der Waals surface area contributed by atoms with Gasteiger partial charge < -0.3 is 19.1 Å². The maximum Gasteiger partial charge on any atom is 0.138 e. The molecule has 1 aromatic carbocycles. The molecular weight excluding hydrogens is 602 g/mol. The van der Waals surface area contributed by atoms with Crippen LogP contribution in [0.25, 0.3) is 16.6 Å². The average molecular weight is 648 g/mol. The molecule has 8 rings (SSSR count). The molecule has 0 radical (unpaired) electrons. The fourth-order valence-corrected chi connectivity index (χ4v) is 8.22. The molecule has 1 unspecified atom stereocenters. The SMILES string of the molecule is CCCCC(Cc1ccc(OC)cc1)N1CC2(CN(c3ccc(-c4cc(OCCN5CC6(COC6)C5)cn5ncc(C#N)c45)cn3)C2)C1. The molecule has 48 heavy (non-hydrogen) atoms. The highest BCUT2D eigenvalue weighted by atomic mass is 16.5. The number of ether oxygens (including phenoxy) is 3. The first-order chi connectivity index (χ1) is 23.5. The zero-order valence-electron chi connectivity index (χ0n) is 28.1. The first kappa shape index (κ1) is 31.1. The van der Waals surface area contributed by atoms with Gasteiger partial charge in [-0.25, -0.2) is 9.50 Å². The molecule has 4 aromatic rings. The van der Waals surface area contributed by atoms with Crippen LogP contribution in [0.2, 0.25) is 0 Å². The van der Waals surface area contributed by atoms with Crippen LogP contribution >= 0.6 is 0 Å². The third kappa shape index (κ3) is 5.89. The van der Waals surface area contributed by atoms with Gasteiger partial charge in [-0.15, -0.1) is 0 Å². The van der Waals surface area contributed by atoms with E-state index in [1.807, 2.05) is 18.5 Å². The maximum absolute atomic E-state index is 9.81. The Morgan fingerprint density at radius 1 is 0.979 bits per heavy atom. The van der Waals surface area contributed by atoms with Gasteiger partial charge in [0.05, 0.1) is 43.8 Å². The molecule has 0 bridgehead atoms. The quantitative estimate of drug-likeness (QED) is 0.201. The maximum atomic E-state index is 9.81. The van der Waals surface area contributed by atoms with Crippen LogP contribution in [0, 0.1) is 22.2 Å². The van der Waals surface area contributed by atoms with Gasteiger partial charge in [0.2, 0.25) is 0 Å². The van der Waals surface area contributed by atoms with Crippen LogP contribution in [-0.2, 0) is 11.2 Å². The third-order valence-electron chi connectivity index (χ3n) is 10.9. The number of likely N-dealkylation sites (tertiary alicyclic amines) is 2. The molecule has 10 nitrogen and oxygen atoms in total. The van der Waals surface area contributed by atoms with Gasteiger partial charge in [0.15, 0.2) is 0 Å². The van der Waals surface area contributed by atoms with Crippen molar-refractivity contribution < 1.29 is 14.2 Å². The Morgan fingerprint density at radius 3 is 2.46 bits per heavy atom. The number of anilines is 1. The van der Waals surface area contributed by atoms with Crippen LogP contribution in [0.3, 0.4) is 0 Å². The van der Waals surface area contributed by atoms with Crippen LogP contribution in [0.15, 0.2) is 61.1 Å². The molecule has 250 valence electrons. The Morgan fingerprint density at radius 2 is 1.79 bits per heavy atom. The van der Waals surface area contributed by atoms with Crippen molar-refractivity contribution in [1.82, 2.24) is 24.4 Å². The molecule has 0 saturated carbocycles. The van der Waals surface area contributed by atoms with Gasteiger partial charge in [-0.3, -0.25) is 9.80 Å². The van der Waals surface area contributed by atoms with E-state index in [1.165, 1.54) is 24.8 Å². The van der Waals surface area contributed by atoms with Crippen LogP contribution in [0.4, 0.5) is 5.82 Å². The fraction of sp³-hybridized carbons (Fsp3) is 0.500. The van der Waals surface area contributed by atoms with E-state index in [9.17, 15) is 5.26 Å². The molecule has 0 aliphatic carbocycles. The summed E-state index contributed by atoms with van der Waals surface area (Å²) in [4.78, 5) is 12.4. The van der Waals surface area contributed by atoms with Crippen molar-refractivity contribution in [3.8, 4) is 28.7 Å². The van der Waals surface area contributed by atoms with Gasteiger partial charge in [-0.05, 0) is 48.7 Å². The van der Waals surface area contributed by atoms with E-state index < -0.39 is 0 Å². The standard InChI is InChI=1S/C38H45N7O3/c1-3-4-5-31(14-28-6-9-32(46-2)10-7-28)43-22-37(23-43)24-44(25-37)35-11-8-29(17-40-35)34-15-33(19-45-36(34)30(16-39)18-41-45)48-13-12-42-20-38(21-42)26-47-27-38/h6-11,15,17-19,31H,3-5,12-14,20-27H2,1-2H3. The largest absolute Gasteiger partial charge is 0.497 e. The number of benzene rings is 1. The molecule has 3 aromatic heterocycles. The summed E-state index contributed by atoms with van der Waals surface area (Å²) in [5, 5.41) is 14.3. The molecular formula is C38H45N7O3. The first-order valence-electron chi connectivity index (χ1n) is 17.4. The normalized spacial score (nSPS) is 20.1. The highest BCUT2D eigenvalue weighted by molar-refractivity contribution is 5.85. The van der Waals surface area contributed by atoms with E-state index >= 15 is 0 Å². The summed E-state index contributed by atoms with van der Waals surface area (Å²) in [5.41, 5.74) is 5.32. The Kier molecular flexibility index (Phi) is 8.23. The number of nitriles is 1. The summed E-state index contributed by atoms with van der Waals surface area (Å²) in [6, 6.07) is 17.7. The molecule has 7 heterocycles. The zero-order chi connectivity index (χ0) is 32.7. The van der Waals surface area contributed by atoms with Crippen molar-refractivity contribution in [3.63, 3.8) is 0 Å². The molecule has 10 heteroatoms. The summed E-state index contributed by atoms with van der Waals surface area (Å²) >= 11 is 0. The Bertz CT molecular complexity index is 1770. The van der Waals surface area contributed by atoms with Crippen LogP contribution < -0.4 is 14.4 Å². The first-order valence-corrected chi connectivity index (χ1v) is 17.4. The minimum atomic E-state index is 0.365. The Balaban J connectivity index is 0.897. The number of unbranched alkanes of at least 4 members (excludes halogenated alkanes) is 1. The number of aromatic nitrogens is 3. The highest BCUT2D eigenvalue weighted by Crippen LogP contribution is 2.44. The van der Waals surface area contributed by atoms with Gasteiger partial charge in [0.25, 0.3) is 0 Å². The predicted molar refractivity (Wildman–Crippen MR) is 185 cm³/mol. The second-order valence-electron chi connectivity index (χ2n) is 14.6. The third-order valence-corrected chi connectivity index (χ3v) is 10.9. The van der Waals surface area contributed by atoms with Crippen molar-refractivity contribution >= 4 is 11.3 Å². The summed E-state index contributed by atoms with van der Waals surface area (Å²) in [5.74, 6) is 2.66. The predicted octanol–water partition coefficient (Wildman–Crippen LogP) is 4.91. The molecule has 0 amide bonds. The summed E-state index contributed by atoms with van der Waals surface area (Å²) < 4.78 is 18.7. The lowest BCUT2D eigenvalue weighted by molar-refractivity contribution is -0.189. The number of hydrogen-bond donors (Lipinski definition) is 0. The number of nitrogens with zero attached hydrogens (tertiary/aromatic N) is 7. The van der Waals surface area contributed by atoms with Crippen molar-refractivity contribution in [1.29, 1.82) is 5.26 Å². The molecule has 1 atom stereocenters. The molecule has 4 fully saturated rings. The second-order valence-corrected chi connectivity index (χ2v) is 14.6. The van der Waals surface area contributed by atoms with Crippen LogP contribution in [0.1, 0.15) is 37.3 Å². The van der Waals surface area contributed by atoms with E-state index in [-0.39, 0.29) is 0 Å². The van der Waals surface area contributed by atoms with Crippen molar-refractivity contribution in [2.45, 2.75) is 38.6 Å². The molecule has 4 saturated heterocycles. The van der Waals surface area contributed by atoms with E-state index in [1.54, 1.807) is 17.8 Å². The van der Waals surface area contributed by atoms with Crippen molar-refractivity contribution in [2.75, 3.05) is 77.6 Å². The topological polar surface area (TPSA) is 91.4 Å². The number of rotatable bonds is 13. The summed E-state index contributed by atoms with van der Waals surface area (Å²) in [6.07, 6.45) is 10.2. The molecule has 0 N–H and O–H groups in total. The lowest BCUT2D eigenvalue weighted by Gasteiger charge is -2.62. The summed E-state index contributed by atoms with van der Waals surface area (Å²) in [6.45, 7) is 12.1. The molecule has 2 spiro atoms. The van der Waals surface area contributed by atoms with Crippen LogP contribution in [0.5, 0.6) is 11.5 Å². The lowest BCUT2D eigenvalue weighted by Crippen LogP contribution is -2.74. The number of methoxy groups -OCH3 is 1. The van der Waals surface area contributed by atoms with Gasteiger partial charge in [-0.2, -0.15) is 10.4 Å². The van der Waals surface area contributed by atoms with E-state index in [4.69, 9.17) is 19.2 Å². The zero-order valence-corrected chi connectivity index (χ0v) is 28.1. The number of pyridine rings is 2. The smallest absolute Gasteiger partial charge is 0.138 e. The fourth-order valence-electron chi connectivity index (χ4n) is 8.22. The number of fused-ring (bicyclic) bond motifs is 1. The lowest BCUT2D eigenvalue weighted by atomic mass is 9.71. The second kappa shape index (κ2) is 12.7. The summed E-state index contributed by atoms with van der Waals surface area (Å²) in [7, 11) is 1.72. The van der Waals surface area contributed by atoms with E-state index in [0.29, 0.717) is 29.0 Å². The average Bonchev–Trinajstić information content (AvgIpc) is 3.46. The van der Waals surface area contributed by atoms with Gasteiger partial charge >= 0.3 is 0 Å². The highest BCUT2D eigenvalue weighted by Gasteiger charge is 2.53. The molecule has 4 aliphatic rings. The van der Waals surface area contributed by atoms with E-state index in [2.05, 4.69) is 69.2 Å². The van der Waals surface area contributed by atoms with Crippen molar-refractivity contribution in [3.05, 3.63) is 72.2 Å². The van der Waals surface area contributed by atoms with Crippen molar-refractivity contribution in [2.24, 2.45) is 10.8 Å². The van der Waals surface area contributed by atoms with Crippen LogP contribution in [-0.4, -0.2) is 103 Å². The minimum Gasteiger partial charge on any atom is -0.497 e. The Labute approximate surface area is 282 Å².